The van der Waals surface area contributed by atoms with Gasteiger partial charge in [0.25, 0.3) is 5.19 Å². The van der Waals surface area contributed by atoms with Gasteiger partial charge < -0.3 is 9.64 Å². The van der Waals surface area contributed by atoms with Crippen molar-refractivity contribution in [3.05, 3.63) is 17.4 Å². The molecular weight excluding hydrogens is 292 g/mol. The van der Waals surface area contributed by atoms with Crippen LogP contribution >= 0.6 is 22.9 Å². The molecule has 1 aliphatic heterocycles. The van der Waals surface area contributed by atoms with Crippen LogP contribution in [0.4, 0.5) is 5.13 Å². The normalized spacial score (nSPS) is 16.9. The number of nitrogens with zero attached hydrogens (tertiary/aromatic N) is 4. The monoisotopic (exact) mass is 310 g/mol. The molecule has 0 spiro atoms. The van der Waals surface area contributed by atoms with E-state index in [0.29, 0.717) is 5.92 Å². The van der Waals surface area contributed by atoms with E-state index in [0.717, 1.165) is 42.1 Å². The van der Waals surface area contributed by atoms with Gasteiger partial charge in [-0.2, -0.15) is 4.37 Å². The minimum Gasteiger partial charge on any atom is -0.467 e. The van der Waals surface area contributed by atoms with Crippen LogP contribution in [0.25, 0.3) is 0 Å². The molecule has 0 N–H and O–H groups in total. The average Bonchev–Trinajstić information content (AvgIpc) is 3.10. The Morgan fingerprint density at radius 2 is 2.15 bits per heavy atom. The maximum Gasteiger partial charge on any atom is 0.273 e. The fraction of sp³-hybridized carbons (Fsp3) is 0.615. The van der Waals surface area contributed by atoms with Crippen LogP contribution in [-0.4, -0.2) is 33.5 Å². The van der Waals surface area contributed by atoms with Crippen molar-refractivity contribution in [2.24, 2.45) is 0 Å². The summed E-state index contributed by atoms with van der Waals surface area (Å²) in [7, 11) is 0. The standard InChI is InChI=1S/C13H18N4OS2/c1-9(2)11-15-12(20-16-11)17-6-3-10(4-7-17)18-13-14-5-8-19-13/h5,8-10H,3-4,6-7H2,1-2H3. The summed E-state index contributed by atoms with van der Waals surface area (Å²) in [6.45, 7) is 6.20. The fourth-order valence-corrected chi connectivity index (χ4v) is 3.58. The summed E-state index contributed by atoms with van der Waals surface area (Å²) in [6, 6.07) is 0. The predicted molar refractivity (Wildman–Crippen MR) is 82.0 cm³/mol. The summed E-state index contributed by atoms with van der Waals surface area (Å²) in [5, 5.41) is 3.77. The molecule has 0 bridgehead atoms. The summed E-state index contributed by atoms with van der Waals surface area (Å²) in [5.41, 5.74) is 0. The summed E-state index contributed by atoms with van der Waals surface area (Å²) in [6.07, 6.45) is 4.07. The number of rotatable bonds is 4. The number of aromatic nitrogens is 3. The molecule has 0 aliphatic carbocycles. The molecule has 0 saturated carbocycles. The van der Waals surface area contributed by atoms with Gasteiger partial charge in [-0.05, 0) is 0 Å². The topological polar surface area (TPSA) is 51.1 Å². The van der Waals surface area contributed by atoms with E-state index in [4.69, 9.17) is 4.74 Å². The second kappa shape index (κ2) is 6.05. The molecule has 0 unspecified atom stereocenters. The van der Waals surface area contributed by atoms with E-state index in [-0.39, 0.29) is 6.10 Å². The minimum atomic E-state index is 0.273. The molecule has 20 heavy (non-hydrogen) atoms. The van der Waals surface area contributed by atoms with Crippen LogP contribution in [0.5, 0.6) is 5.19 Å². The number of piperidine rings is 1. The van der Waals surface area contributed by atoms with Gasteiger partial charge in [-0.25, -0.2) is 9.97 Å². The largest absolute Gasteiger partial charge is 0.467 e. The van der Waals surface area contributed by atoms with Crippen LogP contribution in [0.2, 0.25) is 0 Å². The van der Waals surface area contributed by atoms with Crippen LogP contribution < -0.4 is 9.64 Å². The Kier molecular flexibility index (Phi) is 4.16. The Labute approximate surface area is 126 Å². The maximum atomic E-state index is 5.87. The van der Waals surface area contributed by atoms with E-state index in [1.165, 1.54) is 11.5 Å². The Morgan fingerprint density at radius 1 is 1.35 bits per heavy atom. The van der Waals surface area contributed by atoms with E-state index in [1.807, 2.05) is 5.38 Å². The Morgan fingerprint density at radius 3 is 2.75 bits per heavy atom. The lowest BCUT2D eigenvalue weighted by Gasteiger charge is -2.30. The molecule has 1 saturated heterocycles. The third kappa shape index (κ3) is 3.09. The quantitative estimate of drug-likeness (QED) is 0.868. The van der Waals surface area contributed by atoms with Crippen molar-refractivity contribution in [1.29, 1.82) is 0 Å². The first kappa shape index (κ1) is 13.8. The molecule has 2 aromatic rings. The highest BCUT2D eigenvalue weighted by Crippen LogP contribution is 2.26. The van der Waals surface area contributed by atoms with Gasteiger partial charge in [-0.3, -0.25) is 0 Å². The van der Waals surface area contributed by atoms with Gasteiger partial charge in [0.05, 0.1) is 0 Å². The lowest BCUT2D eigenvalue weighted by Crippen LogP contribution is -2.38. The van der Waals surface area contributed by atoms with E-state index in [9.17, 15) is 0 Å². The minimum absolute atomic E-state index is 0.273. The number of thiazole rings is 1. The molecule has 5 nitrogen and oxygen atoms in total. The van der Waals surface area contributed by atoms with Gasteiger partial charge in [0, 0.05) is 55.0 Å². The van der Waals surface area contributed by atoms with Crippen LogP contribution in [0.3, 0.4) is 0 Å². The van der Waals surface area contributed by atoms with Crippen molar-refractivity contribution < 1.29 is 4.74 Å². The van der Waals surface area contributed by atoms with Gasteiger partial charge in [0.15, 0.2) is 0 Å². The molecule has 108 valence electrons. The van der Waals surface area contributed by atoms with Crippen LogP contribution in [0.1, 0.15) is 38.4 Å². The van der Waals surface area contributed by atoms with Crippen molar-refractivity contribution in [3.63, 3.8) is 0 Å². The highest BCUT2D eigenvalue weighted by Gasteiger charge is 2.23. The van der Waals surface area contributed by atoms with Gasteiger partial charge in [-0.1, -0.05) is 25.2 Å². The van der Waals surface area contributed by atoms with E-state index in [1.54, 1.807) is 17.5 Å². The molecule has 2 aromatic heterocycles. The van der Waals surface area contributed by atoms with Gasteiger partial charge in [0.1, 0.15) is 11.9 Å². The molecule has 1 aliphatic rings. The number of ether oxygens (including phenoxy) is 1. The first-order chi connectivity index (χ1) is 9.72. The first-order valence-corrected chi connectivity index (χ1v) is 8.52. The van der Waals surface area contributed by atoms with Crippen LogP contribution in [0.15, 0.2) is 11.6 Å². The highest BCUT2D eigenvalue weighted by atomic mass is 32.1. The van der Waals surface area contributed by atoms with Crippen molar-refractivity contribution in [3.8, 4) is 5.19 Å². The summed E-state index contributed by atoms with van der Waals surface area (Å²) >= 11 is 3.06. The summed E-state index contributed by atoms with van der Waals surface area (Å²) < 4.78 is 10.3. The fourth-order valence-electron chi connectivity index (χ4n) is 2.17. The molecule has 3 heterocycles. The summed E-state index contributed by atoms with van der Waals surface area (Å²) in [5.74, 6) is 1.34. The highest BCUT2D eigenvalue weighted by molar-refractivity contribution is 7.11. The van der Waals surface area contributed by atoms with E-state index < -0.39 is 0 Å². The lowest BCUT2D eigenvalue weighted by atomic mass is 10.1. The SMILES string of the molecule is CC(C)c1nsc(N2CCC(Oc3nccs3)CC2)n1. The molecule has 0 atom stereocenters. The van der Waals surface area contributed by atoms with Crippen molar-refractivity contribution in [2.75, 3.05) is 18.0 Å². The van der Waals surface area contributed by atoms with E-state index in [2.05, 4.69) is 33.1 Å². The molecule has 0 aromatic carbocycles. The Bertz CT molecular complexity index is 532. The smallest absolute Gasteiger partial charge is 0.273 e. The second-order valence-corrected chi connectivity index (χ2v) is 6.78. The van der Waals surface area contributed by atoms with Gasteiger partial charge in [0.2, 0.25) is 5.13 Å². The van der Waals surface area contributed by atoms with Crippen molar-refractivity contribution >= 4 is 28.0 Å². The zero-order chi connectivity index (χ0) is 13.9. The number of hydrogen-bond donors (Lipinski definition) is 0. The van der Waals surface area contributed by atoms with Crippen LogP contribution in [-0.2, 0) is 0 Å². The van der Waals surface area contributed by atoms with Crippen molar-refractivity contribution in [2.45, 2.75) is 38.7 Å². The molecule has 7 heteroatoms. The number of hydrogen-bond acceptors (Lipinski definition) is 7. The second-order valence-electron chi connectivity index (χ2n) is 5.19. The Balaban J connectivity index is 1.55. The maximum absolute atomic E-state index is 5.87. The molecule has 3 rings (SSSR count). The molecular formula is C13H18N4OS2. The van der Waals surface area contributed by atoms with Crippen LogP contribution in [0, 0.1) is 0 Å². The van der Waals surface area contributed by atoms with Gasteiger partial charge in [-0.15, -0.1) is 0 Å². The third-order valence-electron chi connectivity index (χ3n) is 3.34. The molecule has 1 fully saturated rings. The molecule has 0 amide bonds. The Hall–Kier alpha value is -1.21. The first-order valence-electron chi connectivity index (χ1n) is 6.87. The predicted octanol–water partition coefficient (Wildman–Crippen LogP) is 3.17. The zero-order valence-corrected chi connectivity index (χ0v) is 13.3. The van der Waals surface area contributed by atoms with Crippen molar-refractivity contribution in [1.82, 2.24) is 14.3 Å². The van der Waals surface area contributed by atoms with E-state index >= 15 is 0 Å². The molecule has 0 radical (unpaired) electrons. The average molecular weight is 310 g/mol. The summed E-state index contributed by atoms with van der Waals surface area (Å²) in [4.78, 5) is 11.1. The third-order valence-corrected chi connectivity index (χ3v) is 4.79. The zero-order valence-electron chi connectivity index (χ0n) is 11.7. The van der Waals surface area contributed by atoms with Gasteiger partial charge >= 0.3 is 0 Å². The number of anilines is 1. The lowest BCUT2D eigenvalue weighted by molar-refractivity contribution is 0.170.